The lowest BCUT2D eigenvalue weighted by atomic mass is 10.3. The van der Waals surface area contributed by atoms with Crippen molar-refractivity contribution in [1.29, 1.82) is 0 Å². The van der Waals surface area contributed by atoms with Crippen molar-refractivity contribution in [3.63, 3.8) is 0 Å². The van der Waals surface area contributed by atoms with Gasteiger partial charge in [-0.1, -0.05) is 6.07 Å². The van der Waals surface area contributed by atoms with Gasteiger partial charge in [-0.25, -0.2) is 24.1 Å². The lowest BCUT2D eigenvalue weighted by Gasteiger charge is -2.08. The minimum absolute atomic E-state index is 0.390. The van der Waals surface area contributed by atoms with E-state index in [2.05, 4.69) is 25.6 Å². The van der Waals surface area contributed by atoms with Gasteiger partial charge in [-0.15, -0.1) is 0 Å². The third-order valence-corrected chi connectivity index (χ3v) is 3.19. The van der Waals surface area contributed by atoms with Gasteiger partial charge in [0, 0.05) is 42.9 Å². The zero-order chi connectivity index (χ0) is 16.8. The fraction of sp³-hybridized carbons (Fsp3) is 0.125. The summed E-state index contributed by atoms with van der Waals surface area (Å²) in [5, 5.41) is 5.27. The van der Waals surface area contributed by atoms with Crippen molar-refractivity contribution in [3.8, 4) is 5.95 Å². The zero-order valence-electron chi connectivity index (χ0n) is 12.7. The average molecular weight is 326 g/mol. The molecule has 0 aliphatic rings. The Kier molecular flexibility index (Phi) is 4.76. The first-order chi connectivity index (χ1) is 11.7. The number of hydrogen-bond donors (Lipinski definition) is 2. The molecule has 0 radical (unpaired) electrons. The Labute approximate surface area is 137 Å². The highest BCUT2D eigenvalue weighted by atomic mass is 19.1. The van der Waals surface area contributed by atoms with E-state index in [4.69, 9.17) is 0 Å². The molecule has 0 saturated heterocycles. The van der Waals surface area contributed by atoms with Crippen LogP contribution in [0.15, 0.2) is 55.2 Å². The Balaban J connectivity index is 1.51. The third-order valence-electron chi connectivity index (χ3n) is 3.19. The first kappa shape index (κ1) is 15.6. The summed E-state index contributed by atoms with van der Waals surface area (Å²) in [4.78, 5) is 24.3. The molecule has 24 heavy (non-hydrogen) atoms. The molecule has 8 heteroatoms. The molecule has 0 aliphatic carbocycles. The Hall–Kier alpha value is -3.29. The molecule has 3 aromatic rings. The van der Waals surface area contributed by atoms with Crippen LogP contribution in [0, 0.1) is 5.82 Å². The van der Waals surface area contributed by atoms with Gasteiger partial charge in [0.15, 0.2) is 0 Å². The summed E-state index contributed by atoms with van der Waals surface area (Å²) in [6.45, 7) is 0.390. The highest BCUT2D eigenvalue weighted by molar-refractivity contribution is 5.89. The number of carbonyl (C=O) groups excluding carboxylic acids is 1. The standard InChI is InChI=1S/C16H15FN6O/c17-12-2-1-3-14(10-12)22-16(24)20-7-5-13-4-6-19-15(21-13)23-9-8-18-11-23/h1-4,6,8-11H,5,7H2,(H2,20,22,24). The van der Waals surface area contributed by atoms with E-state index in [0.29, 0.717) is 24.6 Å². The van der Waals surface area contributed by atoms with E-state index < -0.39 is 11.8 Å². The largest absolute Gasteiger partial charge is 0.337 e. The first-order valence-corrected chi connectivity index (χ1v) is 7.31. The number of anilines is 1. The van der Waals surface area contributed by atoms with E-state index in [1.54, 1.807) is 41.6 Å². The molecule has 0 spiro atoms. The van der Waals surface area contributed by atoms with Gasteiger partial charge < -0.3 is 10.6 Å². The minimum Gasteiger partial charge on any atom is -0.337 e. The topological polar surface area (TPSA) is 84.7 Å². The second-order valence-corrected chi connectivity index (χ2v) is 4.96. The predicted molar refractivity (Wildman–Crippen MR) is 86.3 cm³/mol. The molecule has 1 aromatic carbocycles. The number of rotatable bonds is 5. The van der Waals surface area contributed by atoms with Crippen LogP contribution in [0.3, 0.4) is 0 Å². The molecule has 0 saturated carbocycles. The van der Waals surface area contributed by atoms with Gasteiger partial charge >= 0.3 is 6.03 Å². The van der Waals surface area contributed by atoms with E-state index in [1.165, 1.54) is 18.2 Å². The molecule has 0 bridgehead atoms. The molecule has 0 unspecified atom stereocenters. The number of amides is 2. The lowest BCUT2D eigenvalue weighted by molar-refractivity contribution is 0.252. The maximum Gasteiger partial charge on any atom is 0.319 e. The molecular formula is C16H15FN6O. The monoisotopic (exact) mass is 326 g/mol. The number of benzene rings is 1. The Morgan fingerprint density at radius 2 is 2.17 bits per heavy atom. The number of urea groups is 1. The van der Waals surface area contributed by atoms with Crippen LogP contribution in [0.5, 0.6) is 0 Å². The van der Waals surface area contributed by atoms with E-state index in [0.717, 1.165) is 5.69 Å². The SMILES string of the molecule is O=C(NCCc1ccnc(-n2ccnc2)n1)Nc1cccc(F)c1. The van der Waals surface area contributed by atoms with Crippen molar-refractivity contribution < 1.29 is 9.18 Å². The Morgan fingerprint density at radius 1 is 1.25 bits per heavy atom. The molecule has 0 aliphatic heterocycles. The lowest BCUT2D eigenvalue weighted by Crippen LogP contribution is -2.30. The maximum atomic E-state index is 13.1. The van der Waals surface area contributed by atoms with Crippen LogP contribution in [0.1, 0.15) is 5.69 Å². The summed E-state index contributed by atoms with van der Waals surface area (Å²) in [6, 6.07) is 7.10. The summed E-state index contributed by atoms with van der Waals surface area (Å²) < 4.78 is 14.8. The molecule has 2 aromatic heterocycles. The predicted octanol–water partition coefficient (Wildman–Crippen LogP) is 2.17. The third kappa shape index (κ3) is 4.13. The van der Waals surface area contributed by atoms with Crippen molar-refractivity contribution in [2.24, 2.45) is 0 Å². The summed E-state index contributed by atoms with van der Waals surface area (Å²) >= 11 is 0. The molecule has 0 atom stereocenters. The number of nitrogens with zero attached hydrogens (tertiary/aromatic N) is 4. The van der Waals surface area contributed by atoms with Crippen LogP contribution >= 0.6 is 0 Å². The van der Waals surface area contributed by atoms with Gasteiger partial charge in [-0.2, -0.15) is 0 Å². The second kappa shape index (κ2) is 7.32. The van der Waals surface area contributed by atoms with E-state index in [1.807, 2.05) is 0 Å². The number of hydrogen-bond acceptors (Lipinski definition) is 4. The molecular weight excluding hydrogens is 311 g/mol. The van der Waals surface area contributed by atoms with Gasteiger partial charge in [-0.05, 0) is 24.3 Å². The molecule has 3 rings (SSSR count). The van der Waals surface area contributed by atoms with Gasteiger partial charge in [0.2, 0.25) is 5.95 Å². The maximum absolute atomic E-state index is 13.1. The highest BCUT2D eigenvalue weighted by Gasteiger charge is 2.04. The molecule has 2 N–H and O–H groups in total. The fourth-order valence-electron chi connectivity index (χ4n) is 2.07. The molecule has 0 fully saturated rings. The number of nitrogens with one attached hydrogen (secondary N) is 2. The quantitative estimate of drug-likeness (QED) is 0.752. The number of aromatic nitrogens is 4. The van der Waals surface area contributed by atoms with Crippen molar-refractivity contribution in [2.45, 2.75) is 6.42 Å². The Bertz CT molecular complexity index is 821. The summed E-state index contributed by atoms with van der Waals surface area (Å²) in [5.41, 5.74) is 1.19. The van der Waals surface area contributed by atoms with Crippen molar-refractivity contribution >= 4 is 11.7 Å². The number of carbonyl (C=O) groups is 1. The van der Waals surface area contributed by atoms with Crippen LogP contribution in [0.4, 0.5) is 14.9 Å². The van der Waals surface area contributed by atoms with Crippen LogP contribution < -0.4 is 10.6 Å². The van der Waals surface area contributed by atoms with Crippen molar-refractivity contribution in [1.82, 2.24) is 24.8 Å². The van der Waals surface area contributed by atoms with Crippen LogP contribution in [0.2, 0.25) is 0 Å². The van der Waals surface area contributed by atoms with Gasteiger partial charge in [0.1, 0.15) is 12.1 Å². The smallest absolute Gasteiger partial charge is 0.319 e. The summed E-state index contributed by atoms with van der Waals surface area (Å²) in [6.07, 6.45) is 7.22. The van der Waals surface area contributed by atoms with Gasteiger partial charge in [0.05, 0.1) is 0 Å². The van der Waals surface area contributed by atoms with Gasteiger partial charge in [-0.3, -0.25) is 4.57 Å². The highest BCUT2D eigenvalue weighted by Crippen LogP contribution is 2.08. The zero-order valence-corrected chi connectivity index (χ0v) is 12.7. The molecule has 7 nitrogen and oxygen atoms in total. The van der Waals surface area contributed by atoms with E-state index in [-0.39, 0.29) is 0 Å². The number of imidazole rings is 1. The van der Waals surface area contributed by atoms with Crippen molar-refractivity contribution in [3.05, 3.63) is 66.8 Å². The van der Waals surface area contributed by atoms with E-state index >= 15 is 0 Å². The summed E-state index contributed by atoms with van der Waals surface area (Å²) in [7, 11) is 0. The average Bonchev–Trinajstić information content (AvgIpc) is 3.10. The molecule has 122 valence electrons. The Morgan fingerprint density at radius 3 is 2.96 bits per heavy atom. The normalized spacial score (nSPS) is 10.4. The fourth-order valence-corrected chi connectivity index (χ4v) is 2.07. The van der Waals surface area contributed by atoms with Crippen LogP contribution in [-0.4, -0.2) is 32.1 Å². The summed E-state index contributed by atoms with van der Waals surface area (Å²) in [5.74, 6) is 0.120. The van der Waals surface area contributed by atoms with Crippen LogP contribution in [-0.2, 0) is 6.42 Å². The first-order valence-electron chi connectivity index (χ1n) is 7.31. The minimum atomic E-state index is -0.402. The molecule has 2 amide bonds. The van der Waals surface area contributed by atoms with Crippen molar-refractivity contribution in [2.75, 3.05) is 11.9 Å². The second-order valence-electron chi connectivity index (χ2n) is 4.96. The van der Waals surface area contributed by atoms with E-state index in [9.17, 15) is 9.18 Å². The van der Waals surface area contributed by atoms with Gasteiger partial charge in [0.25, 0.3) is 0 Å². The van der Waals surface area contributed by atoms with Crippen LogP contribution in [0.25, 0.3) is 5.95 Å². The number of halogens is 1. The molecule has 2 heterocycles.